The molecule has 1 amide bonds. The number of hydrogen-bond donors (Lipinski definition) is 2. The van der Waals surface area contributed by atoms with E-state index in [1.165, 1.54) is 38.5 Å². The average Bonchev–Trinajstić information content (AvgIpc) is 2.12. The highest BCUT2D eigenvalue weighted by Crippen LogP contribution is 2.63. The zero-order chi connectivity index (χ0) is 12.3. The van der Waals surface area contributed by atoms with Gasteiger partial charge in [0, 0.05) is 5.54 Å². The van der Waals surface area contributed by atoms with Gasteiger partial charge in [-0.1, -0.05) is 0 Å². The Kier molecular flexibility index (Phi) is 2.27. The first-order valence-corrected chi connectivity index (χ1v) is 6.91. The fraction of sp³-hybridized carbons (Fsp3) is 0.929. The van der Waals surface area contributed by atoms with Crippen LogP contribution in [0.15, 0.2) is 0 Å². The van der Waals surface area contributed by atoms with E-state index >= 15 is 0 Å². The molecule has 0 aromatic heterocycles. The van der Waals surface area contributed by atoms with Gasteiger partial charge in [0.1, 0.15) is 0 Å². The van der Waals surface area contributed by atoms with Crippen molar-refractivity contribution in [1.82, 2.24) is 5.32 Å². The summed E-state index contributed by atoms with van der Waals surface area (Å²) < 4.78 is 0. The van der Waals surface area contributed by atoms with Crippen molar-refractivity contribution in [2.45, 2.75) is 57.9 Å². The van der Waals surface area contributed by atoms with Gasteiger partial charge in [0.25, 0.3) is 0 Å². The molecular weight excluding hydrogens is 214 g/mol. The van der Waals surface area contributed by atoms with Crippen molar-refractivity contribution < 1.29 is 9.90 Å². The first-order valence-electron chi connectivity index (χ1n) is 6.91. The van der Waals surface area contributed by atoms with Crippen molar-refractivity contribution in [3.05, 3.63) is 0 Å². The Hall–Kier alpha value is -0.730. The summed E-state index contributed by atoms with van der Waals surface area (Å²) in [5.74, 6) is 2.61. The van der Waals surface area contributed by atoms with Gasteiger partial charge in [-0.2, -0.15) is 0 Å². The zero-order valence-corrected chi connectivity index (χ0v) is 10.8. The van der Waals surface area contributed by atoms with E-state index in [1.54, 1.807) is 0 Å². The number of hydrogen-bond acceptors (Lipinski definition) is 1. The van der Waals surface area contributed by atoms with E-state index in [2.05, 4.69) is 19.2 Å². The van der Waals surface area contributed by atoms with Gasteiger partial charge in [0.15, 0.2) is 0 Å². The predicted molar refractivity (Wildman–Crippen MR) is 65.8 cm³/mol. The lowest BCUT2D eigenvalue weighted by atomic mass is 9.45. The van der Waals surface area contributed by atoms with Crippen molar-refractivity contribution in [1.29, 1.82) is 0 Å². The molecule has 0 aromatic rings. The Morgan fingerprint density at radius 1 is 1.12 bits per heavy atom. The zero-order valence-electron chi connectivity index (χ0n) is 10.8. The molecule has 0 spiro atoms. The quantitative estimate of drug-likeness (QED) is 0.774. The third-order valence-electron chi connectivity index (χ3n) is 5.78. The van der Waals surface area contributed by atoms with Crippen LogP contribution in [0.5, 0.6) is 0 Å². The van der Waals surface area contributed by atoms with E-state index in [9.17, 15) is 4.79 Å². The third kappa shape index (κ3) is 1.66. The third-order valence-corrected chi connectivity index (χ3v) is 5.78. The molecule has 0 unspecified atom stereocenters. The molecule has 4 aliphatic rings. The SMILES string of the molecule is CC(C)(NC(=O)O)C12CC3CC(CC(C3)C1)C2. The maximum atomic E-state index is 11.0. The van der Waals surface area contributed by atoms with E-state index in [0.717, 1.165) is 17.8 Å². The molecular formula is C14H23NO2. The van der Waals surface area contributed by atoms with Crippen LogP contribution in [0.25, 0.3) is 0 Å². The molecule has 4 rings (SSSR count). The number of carbonyl (C=O) groups is 1. The van der Waals surface area contributed by atoms with Gasteiger partial charge in [-0.15, -0.1) is 0 Å². The van der Waals surface area contributed by atoms with E-state index in [4.69, 9.17) is 5.11 Å². The van der Waals surface area contributed by atoms with Gasteiger partial charge in [-0.25, -0.2) is 4.79 Å². The number of rotatable bonds is 2. The summed E-state index contributed by atoms with van der Waals surface area (Å²) in [4.78, 5) is 11.0. The molecule has 0 atom stereocenters. The molecule has 0 aromatic carbocycles. The molecule has 4 fully saturated rings. The van der Waals surface area contributed by atoms with Gasteiger partial charge in [-0.3, -0.25) is 0 Å². The van der Waals surface area contributed by atoms with E-state index in [-0.39, 0.29) is 11.0 Å². The molecule has 0 heterocycles. The van der Waals surface area contributed by atoms with Crippen LogP contribution in [0.2, 0.25) is 0 Å². The summed E-state index contributed by atoms with van der Waals surface area (Å²) in [5.41, 5.74) is -0.0328. The second-order valence-electron chi connectivity index (χ2n) is 7.25. The summed E-state index contributed by atoms with van der Waals surface area (Å²) in [6, 6.07) is 0. The molecule has 0 aliphatic heterocycles. The molecule has 96 valence electrons. The van der Waals surface area contributed by atoms with Gasteiger partial charge in [0.2, 0.25) is 0 Å². The Morgan fingerprint density at radius 3 is 1.88 bits per heavy atom. The molecule has 4 bridgehead atoms. The maximum absolute atomic E-state index is 11.0. The molecule has 2 N–H and O–H groups in total. The molecule has 3 heteroatoms. The highest BCUT2D eigenvalue weighted by molar-refractivity contribution is 5.65. The van der Waals surface area contributed by atoms with Crippen LogP contribution in [0, 0.1) is 23.2 Å². The molecule has 17 heavy (non-hydrogen) atoms. The molecule has 3 nitrogen and oxygen atoms in total. The van der Waals surface area contributed by atoms with Crippen molar-refractivity contribution in [3.63, 3.8) is 0 Å². The lowest BCUT2D eigenvalue weighted by Gasteiger charge is -2.62. The van der Waals surface area contributed by atoms with Crippen LogP contribution in [0.1, 0.15) is 52.4 Å². The summed E-state index contributed by atoms with van der Waals surface area (Å²) in [6.07, 6.45) is 7.07. The largest absolute Gasteiger partial charge is 0.465 e. The van der Waals surface area contributed by atoms with Crippen molar-refractivity contribution in [2.24, 2.45) is 23.2 Å². The smallest absolute Gasteiger partial charge is 0.405 e. The number of nitrogens with one attached hydrogen (secondary N) is 1. The van der Waals surface area contributed by atoms with Crippen LogP contribution in [0.4, 0.5) is 4.79 Å². The molecule has 4 saturated carbocycles. The first-order chi connectivity index (χ1) is 7.90. The lowest BCUT2D eigenvalue weighted by molar-refractivity contribution is -0.0962. The van der Waals surface area contributed by atoms with E-state index in [0.29, 0.717) is 0 Å². The minimum Gasteiger partial charge on any atom is -0.465 e. The van der Waals surface area contributed by atoms with Crippen LogP contribution < -0.4 is 5.32 Å². The molecule has 0 saturated heterocycles. The Balaban J connectivity index is 1.88. The van der Waals surface area contributed by atoms with Gasteiger partial charge in [0.05, 0.1) is 0 Å². The number of carboxylic acid groups (broad SMARTS) is 1. The molecule has 4 aliphatic carbocycles. The van der Waals surface area contributed by atoms with Crippen molar-refractivity contribution in [2.75, 3.05) is 0 Å². The fourth-order valence-electron chi connectivity index (χ4n) is 5.28. The Bertz CT molecular complexity index is 313. The minimum absolute atomic E-state index is 0.236. The van der Waals surface area contributed by atoms with Crippen LogP contribution in [-0.2, 0) is 0 Å². The average molecular weight is 237 g/mol. The summed E-state index contributed by atoms with van der Waals surface area (Å²) in [6.45, 7) is 4.18. The monoisotopic (exact) mass is 237 g/mol. The van der Waals surface area contributed by atoms with Crippen LogP contribution >= 0.6 is 0 Å². The second-order valence-corrected chi connectivity index (χ2v) is 7.25. The predicted octanol–water partition coefficient (Wildman–Crippen LogP) is 3.25. The van der Waals surface area contributed by atoms with Gasteiger partial charge < -0.3 is 10.4 Å². The lowest BCUT2D eigenvalue weighted by Crippen LogP contribution is -2.62. The highest BCUT2D eigenvalue weighted by Gasteiger charge is 2.57. The number of amides is 1. The first kappa shape index (κ1) is 11.4. The second kappa shape index (κ2) is 3.39. The minimum atomic E-state index is -0.870. The Morgan fingerprint density at radius 2 is 1.53 bits per heavy atom. The van der Waals surface area contributed by atoms with E-state index in [1.807, 2.05) is 0 Å². The highest BCUT2D eigenvalue weighted by atomic mass is 16.4. The summed E-state index contributed by atoms with van der Waals surface area (Å²) in [7, 11) is 0. The fourth-order valence-corrected chi connectivity index (χ4v) is 5.28. The van der Waals surface area contributed by atoms with Gasteiger partial charge in [-0.05, 0) is 75.5 Å². The summed E-state index contributed by atoms with van der Waals surface area (Å²) >= 11 is 0. The Labute approximate surface area is 103 Å². The van der Waals surface area contributed by atoms with Crippen molar-refractivity contribution >= 4 is 6.09 Å². The topological polar surface area (TPSA) is 49.3 Å². The summed E-state index contributed by atoms with van der Waals surface area (Å²) in [5, 5.41) is 11.8. The van der Waals surface area contributed by atoms with Crippen LogP contribution in [0.3, 0.4) is 0 Å². The van der Waals surface area contributed by atoms with E-state index < -0.39 is 6.09 Å². The van der Waals surface area contributed by atoms with Gasteiger partial charge >= 0.3 is 6.09 Å². The molecule has 0 radical (unpaired) electrons. The standard InChI is InChI=1S/C14H23NO2/c1-13(2,15-12(16)17)14-6-9-3-10(7-14)5-11(4-9)8-14/h9-11,15H,3-8H2,1-2H3,(H,16,17). The van der Waals surface area contributed by atoms with Crippen molar-refractivity contribution in [3.8, 4) is 0 Å². The maximum Gasteiger partial charge on any atom is 0.405 e. The van der Waals surface area contributed by atoms with Crippen LogP contribution in [-0.4, -0.2) is 16.7 Å². The normalized spacial score (nSPS) is 43.8.